The molecule has 106 valence electrons. The molecule has 2 aliphatic heterocycles. The summed E-state index contributed by atoms with van der Waals surface area (Å²) in [7, 11) is 0. The number of fused-ring (bicyclic) bond motifs is 1. The summed E-state index contributed by atoms with van der Waals surface area (Å²) in [5.41, 5.74) is 0.683. The van der Waals surface area contributed by atoms with Gasteiger partial charge in [-0.3, -0.25) is 9.80 Å². The zero-order chi connectivity index (χ0) is 13.6. The molecule has 2 atom stereocenters. The average molecular weight is 252 g/mol. The van der Waals surface area contributed by atoms with Gasteiger partial charge in [0.15, 0.2) is 0 Å². The molecule has 0 N–H and O–H groups in total. The van der Waals surface area contributed by atoms with Crippen LogP contribution in [-0.4, -0.2) is 46.6 Å². The quantitative estimate of drug-likeness (QED) is 0.652. The highest BCUT2D eigenvalue weighted by Gasteiger charge is 2.41. The Hall–Kier alpha value is -0.0800. The van der Waals surface area contributed by atoms with E-state index in [0.29, 0.717) is 11.1 Å². The van der Waals surface area contributed by atoms with Crippen molar-refractivity contribution in [3.05, 3.63) is 0 Å². The molecule has 2 aliphatic rings. The Bertz CT molecular complexity index is 284. The largest absolute Gasteiger partial charge is 0.298 e. The van der Waals surface area contributed by atoms with Crippen LogP contribution in [0.4, 0.5) is 0 Å². The van der Waals surface area contributed by atoms with E-state index >= 15 is 0 Å². The molecule has 0 aliphatic carbocycles. The number of likely N-dealkylation sites (tertiary alicyclic amines) is 2. The predicted molar refractivity (Wildman–Crippen MR) is 78.9 cm³/mol. The van der Waals surface area contributed by atoms with Gasteiger partial charge in [0.25, 0.3) is 0 Å². The van der Waals surface area contributed by atoms with Crippen LogP contribution in [0.15, 0.2) is 0 Å². The normalized spacial score (nSPS) is 32.3. The number of hydrogen-bond acceptors (Lipinski definition) is 2. The molecule has 2 unspecified atom stereocenters. The maximum atomic E-state index is 2.78. The molecular formula is C16H32N2. The number of piperidine rings is 2. The molecule has 2 fully saturated rings. The van der Waals surface area contributed by atoms with Gasteiger partial charge in [-0.15, -0.1) is 0 Å². The summed E-state index contributed by atoms with van der Waals surface area (Å²) in [5, 5.41) is 0. The molecule has 0 bridgehead atoms. The lowest BCUT2D eigenvalue weighted by Gasteiger charge is -2.54. The van der Waals surface area contributed by atoms with Crippen molar-refractivity contribution in [1.82, 2.24) is 9.80 Å². The summed E-state index contributed by atoms with van der Waals surface area (Å²) in [6.45, 7) is 18.1. The van der Waals surface area contributed by atoms with Crippen molar-refractivity contribution >= 4 is 0 Å². The number of hydrogen-bond donors (Lipinski definition) is 0. The van der Waals surface area contributed by atoms with Crippen molar-refractivity contribution in [1.29, 1.82) is 0 Å². The van der Waals surface area contributed by atoms with Crippen LogP contribution < -0.4 is 0 Å². The average Bonchev–Trinajstić information content (AvgIpc) is 2.25. The second-order valence-corrected chi connectivity index (χ2v) is 8.24. The highest BCUT2D eigenvalue weighted by atomic mass is 15.3. The highest BCUT2D eigenvalue weighted by molar-refractivity contribution is 4.96. The first kappa shape index (κ1) is 14.3. The molecule has 0 aromatic rings. The van der Waals surface area contributed by atoms with E-state index in [1.165, 1.54) is 38.9 Å². The van der Waals surface area contributed by atoms with E-state index in [1.54, 1.807) is 0 Å². The first-order valence-corrected chi connectivity index (χ1v) is 7.71. The van der Waals surface area contributed by atoms with E-state index in [2.05, 4.69) is 51.3 Å². The van der Waals surface area contributed by atoms with Gasteiger partial charge in [-0.05, 0) is 73.3 Å². The SMILES string of the molecule is CC(C)(C)N1CCC2C(CCCN2C(C)(C)C)C1. The summed E-state index contributed by atoms with van der Waals surface area (Å²) in [6.07, 6.45) is 4.18. The molecule has 0 amide bonds. The third-order valence-corrected chi connectivity index (χ3v) is 4.88. The van der Waals surface area contributed by atoms with Gasteiger partial charge in [-0.1, -0.05) is 0 Å². The van der Waals surface area contributed by atoms with Crippen LogP contribution in [0, 0.1) is 5.92 Å². The zero-order valence-corrected chi connectivity index (χ0v) is 13.3. The van der Waals surface area contributed by atoms with Crippen LogP contribution in [0.5, 0.6) is 0 Å². The second kappa shape index (κ2) is 4.79. The third-order valence-electron chi connectivity index (χ3n) is 4.88. The van der Waals surface area contributed by atoms with Crippen molar-refractivity contribution in [2.24, 2.45) is 5.92 Å². The van der Waals surface area contributed by atoms with Gasteiger partial charge in [0.1, 0.15) is 0 Å². The molecule has 2 nitrogen and oxygen atoms in total. The minimum Gasteiger partial charge on any atom is -0.298 e. The summed E-state index contributed by atoms with van der Waals surface area (Å²) < 4.78 is 0. The van der Waals surface area contributed by atoms with Gasteiger partial charge < -0.3 is 0 Å². The number of rotatable bonds is 0. The van der Waals surface area contributed by atoms with Gasteiger partial charge in [-0.2, -0.15) is 0 Å². The maximum Gasteiger partial charge on any atom is 0.0153 e. The van der Waals surface area contributed by atoms with Crippen LogP contribution in [0.25, 0.3) is 0 Å². The molecule has 2 saturated heterocycles. The smallest absolute Gasteiger partial charge is 0.0153 e. The Balaban J connectivity index is 2.07. The van der Waals surface area contributed by atoms with E-state index in [4.69, 9.17) is 0 Å². The van der Waals surface area contributed by atoms with Crippen LogP contribution in [0.1, 0.15) is 60.8 Å². The summed E-state index contributed by atoms with van der Waals surface area (Å²) >= 11 is 0. The topological polar surface area (TPSA) is 6.48 Å². The second-order valence-electron chi connectivity index (χ2n) is 8.24. The van der Waals surface area contributed by atoms with E-state index in [1.807, 2.05) is 0 Å². The van der Waals surface area contributed by atoms with Gasteiger partial charge in [0.2, 0.25) is 0 Å². The Kier molecular flexibility index (Phi) is 3.81. The van der Waals surface area contributed by atoms with Crippen molar-refractivity contribution in [2.75, 3.05) is 19.6 Å². The Morgan fingerprint density at radius 1 is 0.833 bits per heavy atom. The van der Waals surface area contributed by atoms with E-state index in [9.17, 15) is 0 Å². The fourth-order valence-electron chi connectivity index (χ4n) is 3.85. The fraction of sp³-hybridized carbons (Fsp3) is 1.00. The zero-order valence-electron chi connectivity index (χ0n) is 13.3. The van der Waals surface area contributed by atoms with Gasteiger partial charge in [0, 0.05) is 30.2 Å². The Morgan fingerprint density at radius 2 is 1.50 bits per heavy atom. The van der Waals surface area contributed by atoms with Crippen LogP contribution in [0.2, 0.25) is 0 Å². The first-order valence-electron chi connectivity index (χ1n) is 7.71. The highest BCUT2D eigenvalue weighted by Crippen LogP contribution is 2.36. The lowest BCUT2D eigenvalue weighted by Crippen LogP contribution is -2.61. The monoisotopic (exact) mass is 252 g/mol. The molecule has 0 aromatic carbocycles. The molecule has 2 heterocycles. The maximum absolute atomic E-state index is 2.78. The minimum absolute atomic E-state index is 0.341. The first-order chi connectivity index (χ1) is 8.19. The Labute approximate surface area is 114 Å². The molecule has 0 saturated carbocycles. The Morgan fingerprint density at radius 3 is 2.06 bits per heavy atom. The molecule has 0 spiro atoms. The van der Waals surface area contributed by atoms with Gasteiger partial charge in [0.05, 0.1) is 0 Å². The molecule has 2 rings (SSSR count). The van der Waals surface area contributed by atoms with Gasteiger partial charge >= 0.3 is 0 Å². The van der Waals surface area contributed by atoms with Crippen LogP contribution in [-0.2, 0) is 0 Å². The van der Waals surface area contributed by atoms with E-state index < -0.39 is 0 Å². The summed E-state index contributed by atoms with van der Waals surface area (Å²) in [6, 6.07) is 0.831. The lowest BCUT2D eigenvalue weighted by molar-refractivity contribution is -0.0453. The van der Waals surface area contributed by atoms with E-state index in [-0.39, 0.29) is 0 Å². The lowest BCUT2D eigenvalue weighted by atomic mass is 9.80. The predicted octanol–water partition coefficient (Wildman–Crippen LogP) is 3.37. The standard InChI is InChI=1S/C16H32N2/c1-15(2,3)17-11-9-14-13(12-17)8-7-10-18(14)16(4,5)6/h13-14H,7-12H2,1-6H3. The van der Waals surface area contributed by atoms with E-state index in [0.717, 1.165) is 12.0 Å². The fourth-order valence-corrected chi connectivity index (χ4v) is 3.85. The molecule has 0 radical (unpaired) electrons. The van der Waals surface area contributed by atoms with Crippen molar-refractivity contribution in [2.45, 2.75) is 77.9 Å². The summed E-state index contributed by atoms with van der Waals surface area (Å²) in [4.78, 5) is 5.47. The number of nitrogens with zero attached hydrogens (tertiary/aromatic N) is 2. The van der Waals surface area contributed by atoms with Gasteiger partial charge in [-0.25, -0.2) is 0 Å². The van der Waals surface area contributed by atoms with Crippen LogP contribution in [0.3, 0.4) is 0 Å². The minimum atomic E-state index is 0.341. The molecule has 0 aromatic heterocycles. The van der Waals surface area contributed by atoms with Crippen molar-refractivity contribution in [3.63, 3.8) is 0 Å². The van der Waals surface area contributed by atoms with Crippen molar-refractivity contribution in [3.8, 4) is 0 Å². The van der Waals surface area contributed by atoms with Crippen LogP contribution >= 0.6 is 0 Å². The molecular weight excluding hydrogens is 220 g/mol. The third kappa shape index (κ3) is 2.91. The molecule has 2 heteroatoms. The van der Waals surface area contributed by atoms with Crippen molar-refractivity contribution < 1.29 is 0 Å². The molecule has 18 heavy (non-hydrogen) atoms. The summed E-state index contributed by atoms with van der Waals surface area (Å²) in [5.74, 6) is 0.894.